The Balaban J connectivity index is 2.04. The molecule has 2 rings (SSSR count). The van der Waals surface area contributed by atoms with Gasteiger partial charge in [0, 0.05) is 6.42 Å². The maximum absolute atomic E-state index is 11.8. The van der Waals surface area contributed by atoms with Crippen molar-refractivity contribution in [2.24, 2.45) is 5.92 Å². The lowest BCUT2D eigenvalue weighted by Gasteiger charge is -2.24. The first-order valence-electron chi connectivity index (χ1n) is 5.68. The highest BCUT2D eigenvalue weighted by Crippen LogP contribution is 2.31. The van der Waals surface area contributed by atoms with Crippen molar-refractivity contribution in [3.05, 3.63) is 21.9 Å². The maximum atomic E-state index is 11.8. The highest BCUT2D eigenvalue weighted by atomic mass is 35.5. The SMILES string of the molecule is Cc1cc(Cl)nc(Cl)c1NC(=O)CC1CCC1. The Morgan fingerprint density at radius 3 is 2.76 bits per heavy atom. The van der Waals surface area contributed by atoms with Gasteiger partial charge in [-0.25, -0.2) is 4.98 Å². The van der Waals surface area contributed by atoms with E-state index in [2.05, 4.69) is 10.3 Å². The molecule has 0 unspecified atom stereocenters. The van der Waals surface area contributed by atoms with Crippen LogP contribution in [0.1, 0.15) is 31.2 Å². The number of nitrogens with zero attached hydrogens (tertiary/aromatic N) is 1. The molecular weight excluding hydrogens is 259 g/mol. The molecule has 1 heterocycles. The molecule has 0 saturated heterocycles. The number of aromatic nitrogens is 1. The van der Waals surface area contributed by atoms with Crippen molar-refractivity contribution in [3.8, 4) is 0 Å². The summed E-state index contributed by atoms with van der Waals surface area (Å²) in [6.07, 6.45) is 4.11. The van der Waals surface area contributed by atoms with Gasteiger partial charge >= 0.3 is 0 Å². The number of hydrogen-bond acceptors (Lipinski definition) is 2. The molecule has 17 heavy (non-hydrogen) atoms. The van der Waals surface area contributed by atoms with E-state index in [1.165, 1.54) is 6.42 Å². The van der Waals surface area contributed by atoms with E-state index in [4.69, 9.17) is 23.2 Å². The van der Waals surface area contributed by atoms with E-state index in [1.807, 2.05) is 6.92 Å². The Labute approximate surface area is 111 Å². The van der Waals surface area contributed by atoms with Crippen molar-refractivity contribution in [2.75, 3.05) is 5.32 Å². The van der Waals surface area contributed by atoms with Gasteiger partial charge in [-0.15, -0.1) is 0 Å². The predicted octanol–water partition coefficient (Wildman–Crippen LogP) is 3.83. The topological polar surface area (TPSA) is 42.0 Å². The van der Waals surface area contributed by atoms with Gasteiger partial charge < -0.3 is 5.32 Å². The maximum Gasteiger partial charge on any atom is 0.224 e. The Morgan fingerprint density at radius 1 is 1.53 bits per heavy atom. The van der Waals surface area contributed by atoms with Crippen LogP contribution in [0.2, 0.25) is 10.3 Å². The molecule has 0 aromatic carbocycles. The summed E-state index contributed by atoms with van der Waals surface area (Å²) in [4.78, 5) is 15.7. The average Bonchev–Trinajstić information content (AvgIpc) is 2.17. The first-order chi connectivity index (χ1) is 8.06. The molecule has 1 aliphatic carbocycles. The van der Waals surface area contributed by atoms with Gasteiger partial charge in [-0.1, -0.05) is 29.6 Å². The highest BCUT2D eigenvalue weighted by Gasteiger charge is 2.21. The van der Waals surface area contributed by atoms with Crippen LogP contribution >= 0.6 is 23.2 Å². The van der Waals surface area contributed by atoms with Crippen LogP contribution < -0.4 is 5.32 Å². The first kappa shape index (κ1) is 12.7. The molecule has 1 fully saturated rings. The second kappa shape index (κ2) is 5.23. The zero-order valence-corrected chi connectivity index (χ0v) is 11.1. The minimum Gasteiger partial charge on any atom is -0.323 e. The molecule has 0 spiro atoms. The van der Waals surface area contributed by atoms with Gasteiger partial charge in [0.2, 0.25) is 5.91 Å². The van der Waals surface area contributed by atoms with Gasteiger partial charge in [-0.2, -0.15) is 0 Å². The number of nitrogens with one attached hydrogen (secondary N) is 1. The second-order valence-corrected chi connectivity index (χ2v) is 5.22. The summed E-state index contributed by atoms with van der Waals surface area (Å²) in [5.74, 6) is 0.540. The fourth-order valence-corrected chi connectivity index (χ4v) is 2.47. The van der Waals surface area contributed by atoms with Gasteiger partial charge in [-0.05, 0) is 37.3 Å². The molecule has 0 bridgehead atoms. The zero-order valence-electron chi connectivity index (χ0n) is 9.59. The third-order valence-electron chi connectivity index (χ3n) is 3.10. The molecule has 1 amide bonds. The summed E-state index contributed by atoms with van der Waals surface area (Å²) in [6, 6.07) is 1.69. The Bertz CT molecular complexity index is 421. The summed E-state index contributed by atoms with van der Waals surface area (Å²) in [5.41, 5.74) is 1.40. The second-order valence-electron chi connectivity index (χ2n) is 4.48. The van der Waals surface area contributed by atoms with Crippen LogP contribution in [0.5, 0.6) is 0 Å². The summed E-state index contributed by atoms with van der Waals surface area (Å²) in [6.45, 7) is 1.85. The van der Waals surface area contributed by atoms with Crippen molar-refractivity contribution in [1.29, 1.82) is 0 Å². The Hall–Kier alpha value is -0.800. The predicted molar refractivity (Wildman–Crippen MR) is 69.6 cm³/mol. The quantitative estimate of drug-likeness (QED) is 0.850. The van der Waals surface area contributed by atoms with E-state index in [-0.39, 0.29) is 11.1 Å². The number of pyridine rings is 1. The molecule has 3 nitrogen and oxygen atoms in total. The van der Waals surface area contributed by atoms with Crippen LogP contribution in [0.4, 0.5) is 5.69 Å². The van der Waals surface area contributed by atoms with Crippen molar-refractivity contribution in [1.82, 2.24) is 4.98 Å². The van der Waals surface area contributed by atoms with Crippen LogP contribution in [-0.2, 0) is 4.79 Å². The third-order valence-corrected chi connectivity index (χ3v) is 3.57. The number of hydrogen-bond donors (Lipinski definition) is 1. The van der Waals surface area contributed by atoms with E-state index >= 15 is 0 Å². The molecule has 0 atom stereocenters. The van der Waals surface area contributed by atoms with Crippen LogP contribution in [0, 0.1) is 12.8 Å². The van der Waals surface area contributed by atoms with Crippen molar-refractivity contribution >= 4 is 34.8 Å². The van der Waals surface area contributed by atoms with Crippen molar-refractivity contribution in [2.45, 2.75) is 32.6 Å². The standard InChI is InChI=1S/C12H14Cl2N2O/c1-7-5-9(13)15-12(14)11(7)16-10(17)6-8-3-2-4-8/h5,8H,2-4,6H2,1H3,(H,16,17). The van der Waals surface area contributed by atoms with E-state index in [9.17, 15) is 4.79 Å². The number of aryl methyl sites for hydroxylation is 1. The molecule has 1 aromatic rings. The molecule has 1 N–H and O–H groups in total. The van der Waals surface area contributed by atoms with E-state index in [1.54, 1.807) is 6.07 Å². The summed E-state index contributed by atoms with van der Waals surface area (Å²) in [5, 5.41) is 3.40. The average molecular weight is 273 g/mol. The van der Waals surface area contributed by atoms with Gasteiger partial charge in [0.05, 0.1) is 5.69 Å². The van der Waals surface area contributed by atoms with Crippen LogP contribution in [0.3, 0.4) is 0 Å². The number of rotatable bonds is 3. The first-order valence-corrected chi connectivity index (χ1v) is 6.44. The fourth-order valence-electron chi connectivity index (χ4n) is 1.90. The monoisotopic (exact) mass is 272 g/mol. The minimum atomic E-state index is 0.00354. The van der Waals surface area contributed by atoms with Crippen LogP contribution in [0.15, 0.2) is 6.07 Å². The summed E-state index contributed by atoms with van der Waals surface area (Å²) < 4.78 is 0. The largest absolute Gasteiger partial charge is 0.323 e. The highest BCUT2D eigenvalue weighted by molar-refractivity contribution is 6.34. The van der Waals surface area contributed by atoms with Crippen LogP contribution in [-0.4, -0.2) is 10.9 Å². The Morgan fingerprint density at radius 2 is 2.24 bits per heavy atom. The molecule has 1 aromatic heterocycles. The van der Waals surface area contributed by atoms with E-state index in [0.29, 0.717) is 23.2 Å². The molecule has 0 aliphatic heterocycles. The Kier molecular flexibility index (Phi) is 3.89. The normalized spacial score (nSPS) is 15.5. The van der Waals surface area contributed by atoms with Gasteiger partial charge in [0.1, 0.15) is 5.15 Å². The molecule has 1 saturated carbocycles. The fraction of sp³-hybridized carbons (Fsp3) is 0.500. The number of amides is 1. The number of anilines is 1. The van der Waals surface area contributed by atoms with Crippen LogP contribution in [0.25, 0.3) is 0 Å². The summed E-state index contributed by atoms with van der Waals surface area (Å²) in [7, 11) is 0. The molecular formula is C12H14Cl2N2O. The number of halogens is 2. The third kappa shape index (κ3) is 3.11. The van der Waals surface area contributed by atoms with E-state index < -0.39 is 0 Å². The lowest BCUT2D eigenvalue weighted by Crippen LogP contribution is -2.21. The van der Waals surface area contributed by atoms with Gasteiger partial charge in [-0.3, -0.25) is 4.79 Å². The molecule has 1 aliphatic rings. The summed E-state index contributed by atoms with van der Waals surface area (Å²) >= 11 is 11.7. The molecule has 0 radical (unpaired) electrons. The zero-order chi connectivity index (χ0) is 12.4. The molecule has 5 heteroatoms. The van der Waals surface area contributed by atoms with Crippen molar-refractivity contribution in [3.63, 3.8) is 0 Å². The molecule has 92 valence electrons. The number of carbonyl (C=O) groups excluding carboxylic acids is 1. The smallest absolute Gasteiger partial charge is 0.224 e. The van der Waals surface area contributed by atoms with E-state index in [0.717, 1.165) is 18.4 Å². The van der Waals surface area contributed by atoms with Gasteiger partial charge in [0.15, 0.2) is 5.15 Å². The van der Waals surface area contributed by atoms with Gasteiger partial charge in [0.25, 0.3) is 0 Å². The minimum absolute atomic E-state index is 0.00354. The lowest BCUT2D eigenvalue weighted by molar-refractivity contribution is -0.117. The lowest BCUT2D eigenvalue weighted by atomic mass is 9.83. The number of carbonyl (C=O) groups is 1. The van der Waals surface area contributed by atoms with Crippen molar-refractivity contribution < 1.29 is 4.79 Å².